The summed E-state index contributed by atoms with van der Waals surface area (Å²) in [5.74, 6) is 0. The Hall–Kier alpha value is -1.07. The molecule has 2 saturated heterocycles. The molecule has 1 aromatic carbocycles. The SMILES string of the molecule is Cc1cc(Br)ccc1N1CCN(C2CCCNC2)C1=O. The number of hydrogen-bond donors (Lipinski definition) is 1. The Balaban J connectivity index is 1.78. The van der Waals surface area contributed by atoms with Crippen molar-refractivity contribution >= 4 is 27.6 Å². The van der Waals surface area contributed by atoms with Crippen molar-refractivity contribution in [2.45, 2.75) is 25.8 Å². The average Bonchev–Trinajstić information content (AvgIpc) is 2.82. The fraction of sp³-hybridized carbons (Fsp3) is 0.533. The van der Waals surface area contributed by atoms with Crippen LogP contribution in [0, 0.1) is 6.92 Å². The number of urea groups is 1. The molecule has 2 aliphatic rings. The molecule has 1 N–H and O–H groups in total. The van der Waals surface area contributed by atoms with E-state index in [0.29, 0.717) is 6.04 Å². The van der Waals surface area contributed by atoms with Crippen molar-refractivity contribution in [2.24, 2.45) is 0 Å². The number of nitrogens with zero attached hydrogens (tertiary/aromatic N) is 2. The average molecular weight is 338 g/mol. The van der Waals surface area contributed by atoms with Crippen LogP contribution >= 0.6 is 15.9 Å². The first-order valence-corrected chi connectivity index (χ1v) is 8.01. The van der Waals surface area contributed by atoms with Gasteiger partial charge in [0.2, 0.25) is 0 Å². The van der Waals surface area contributed by atoms with E-state index in [-0.39, 0.29) is 6.03 Å². The third kappa shape index (κ3) is 2.56. The standard InChI is InChI=1S/C15H20BrN3O/c1-11-9-12(16)4-5-14(11)19-8-7-18(15(19)20)13-3-2-6-17-10-13/h4-5,9,13,17H,2-3,6-8,10H2,1H3. The van der Waals surface area contributed by atoms with E-state index in [1.807, 2.05) is 21.9 Å². The predicted molar refractivity (Wildman–Crippen MR) is 84.2 cm³/mol. The summed E-state index contributed by atoms with van der Waals surface area (Å²) in [6.07, 6.45) is 2.28. The summed E-state index contributed by atoms with van der Waals surface area (Å²) in [7, 11) is 0. The molecule has 108 valence electrons. The van der Waals surface area contributed by atoms with Crippen LogP contribution in [0.15, 0.2) is 22.7 Å². The second-order valence-corrected chi connectivity index (χ2v) is 6.47. The van der Waals surface area contributed by atoms with Gasteiger partial charge in [0.1, 0.15) is 0 Å². The molecular formula is C15H20BrN3O. The Morgan fingerprint density at radius 1 is 1.35 bits per heavy atom. The van der Waals surface area contributed by atoms with Crippen molar-refractivity contribution in [2.75, 3.05) is 31.1 Å². The van der Waals surface area contributed by atoms with E-state index in [1.54, 1.807) is 0 Å². The van der Waals surface area contributed by atoms with Crippen LogP contribution in [-0.4, -0.2) is 43.2 Å². The molecule has 1 atom stereocenters. The summed E-state index contributed by atoms with van der Waals surface area (Å²) in [5.41, 5.74) is 2.17. The van der Waals surface area contributed by atoms with Crippen LogP contribution in [0.25, 0.3) is 0 Å². The normalized spacial score (nSPS) is 23.5. The lowest BCUT2D eigenvalue weighted by Crippen LogP contribution is -2.47. The number of carbonyl (C=O) groups excluding carboxylic acids is 1. The Labute approximate surface area is 128 Å². The van der Waals surface area contributed by atoms with Gasteiger partial charge in [-0.25, -0.2) is 4.79 Å². The number of aryl methyl sites for hydroxylation is 1. The number of hydrogen-bond acceptors (Lipinski definition) is 2. The van der Waals surface area contributed by atoms with Gasteiger partial charge in [-0.05, 0) is 50.1 Å². The Morgan fingerprint density at radius 2 is 2.20 bits per heavy atom. The molecule has 5 heteroatoms. The summed E-state index contributed by atoms with van der Waals surface area (Å²) in [6, 6.07) is 6.61. The number of rotatable bonds is 2. The minimum absolute atomic E-state index is 0.157. The third-order valence-electron chi connectivity index (χ3n) is 4.20. The minimum atomic E-state index is 0.157. The molecule has 0 aromatic heterocycles. The number of anilines is 1. The Bertz CT molecular complexity index is 514. The second-order valence-electron chi connectivity index (χ2n) is 5.56. The van der Waals surface area contributed by atoms with Crippen LogP contribution in [0.1, 0.15) is 18.4 Å². The van der Waals surface area contributed by atoms with Gasteiger partial charge in [0, 0.05) is 35.8 Å². The molecule has 2 amide bonds. The highest BCUT2D eigenvalue weighted by molar-refractivity contribution is 9.10. The van der Waals surface area contributed by atoms with Gasteiger partial charge in [-0.15, -0.1) is 0 Å². The van der Waals surface area contributed by atoms with Crippen LogP contribution in [0.2, 0.25) is 0 Å². The first-order chi connectivity index (χ1) is 9.66. The Morgan fingerprint density at radius 3 is 2.90 bits per heavy atom. The molecule has 20 heavy (non-hydrogen) atoms. The quantitative estimate of drug-likeness (QED) is 0.900. The maximum absolute atomic E-state index is 12.7. The number of halogens is 1. The fourth-order valence-electron chi connectivity index (χ4n) is 3.14. The van der Waals surface area contributed by atoms with Crippen molar-refractivity contribution in [1.29, 1.82) is 0 Å². The maximum Gasteiger partial charge on any atom is 0.324 e. The Kier molecular flexibility index (Phi) is 3.98. The van der Waals surface area contributed by atoms with E-state index >= 15 is 0 Å². The molecule has 0 aliphatic carbocycles. The summed E-state index contributed by atoms with van der Waals surface area (Å²) in [4.78, 5) is 16.6. The van der Waals surface area contributed by atoms with Crippen LogP contribution in [-0.2, 0) is 0 Å². The highest BCUT2D eigenvalue weighted by Gasteiger charge is 2.35. The number of amides is 2. The molecule has 2 heterocycles. The number of nitrogens with one attached hydrogen (secondary N) is 1. The van der Waals surface area contributed by atoms with Crippen LogP contribution < -0.4 is 10.2 Å². The molecular weight excluding hydrogens is 318 g/mol. The van der Waals surface area contributed by atoms with E-state index in [0.717, 1.165) is 54.7 Å². The van der Waals surface area contributed by atoms with Gasteiger partial charge in [0.25, 0.3) is 0 Å². The molecule has 1 unspecified atom stereocenters. The lowest BCUT2D eigenvalue weighted by atomic mass is 10.1. The summed E-state index contributed by atoms with van der Waals surface area (Å²) < 4.78 is 1.05. The van der Waals surface area contributed by atoms with E-state index in [2.05, 4.69) is 34.2 Å². The highest BCUT2D eigenvalue weighted by Crippen LogP contribution is 2.28. The van der Waals surface area contributed by atoms with Gasteiger partial charge in [-0.3, -0.25) is 4.90 Å². The lowest BCUT2D eigenvalue weighted by Gasteiger charge is -2.31. The zero-order valence-corrected chi connectivity index (χ0v) is 13.3. The van der Waals surface area contributed by atoms with E-state index in [9.17, 15) is 4.79 Å². The van der Waals surface area contributed by atoms with Crippen molar-refractivity contribution in [3.63, 3.8) is 0 Å². The molecule has 0 saturated carbocycles. The zero-order valence-electron chi connectivity index (χ0n) is 11.7. The third-order valence-corrected chi connectivity index (χ3v) is 4.70. The molecule has 4 nitrogen and oxygen atoms in total. The van der Waals surface area contributed by atoms with Gasteiger partial charge < -0.3 is 10.2 Å². The van der Waals surface area contributed by atoms with Crippen LogP contribution in [0.5, 0.6) is 0 Å². The predicted octanol–water partition coefficient (Wildman–Crippen LogP) is 2.75. The smallest absolute Gasteiger partial charge is 0.318 e. The summed E-state index contributed by atoms with van der Waals surface area (Å²) in [5, 5.41) is 3.39. The van der Waals surface area contributed by atoms with Gasteiger partial charge >= 0.3 is 6.03 Å². The van der Waals surface area contributed by atoms with Crippen LogP contribution in [0.3, 0.4) is 0 Å². The molecule has 2 aliphatic heterocycles. The van der Waals surface area contributed by atoms with Crippen molar-refractivity contribution in [1.82, 2.24) is 10.2 Å². The monoisotopic (exact) mass is 337 g/mol. The largest absolute Gasteiger partial charge is 0.324 e. The van der Waals surface area contributed by atoms with Gasteiger partial charge in [-0.2, -0.15) is 0 Å². The summed E-state index contributed by atoms with van der Waals surface area (Å²) in [6.45, 7) is 5.68. The fourth-order valence-corrected chi connectivity index (χ4v) is 3.61. The second kappa shape index (κ2) is 5.74. The maximum atomic E-state index is 12.7. The molecule has 3 rings (SSSR count). The lowest BCUT2D eigenvalue weighted by molar-refractivity contribution is 0.187. The number of piperidine rings is 1. The number of benzene rings is 1. The highest BCUT2D eigenvalue weighted by atomic mass is 79.9. The van der Waals surface area contributed by atoms with Gasteiger partial charge in [0.15, 0.2) is 0 Å². The van der Waals surface area contributed by atoms with E-state index < -0.39 is 0 Å². The van der Waals surface area contributed by atoms with Crippen molar-refractivity contribution in [3.8, 4) is 0 Å². The van der Waals surface area contributed by atoms with Crippen LogP contribution in [0.4, 0.5) is 10.5 Å². The zero-order chi connectivity index (χ0) is 14.1. The molecule has 2 fully saturated rings. The van der Waals surface area contributed by atoms with Crippen molar-refractivity contribution < 1.29 is 4.79 Å². The van der Waals surface area contributed by atoms with E-state index in [1.165, 1.54) is 0 Å². The first-order valence-electron chi connectivity index (χ1n) is 7.22. The first kappa shape index (κ1) is 13.9. The molecule has 0 spiro atoms. The van der Waals surface area contributed by atoms with Gasteiger partial charge in [0.05, 0.1) is 0 Å². The number of carbonyl (C=O) groups is 1. The summed E-state index contributed by atoms with van der Waals surface area (Å²) >= 11 is 3.47. The van der Waals surface area contributed by atoms with Gasteiger partial charge in [-0.1, -0.05) is 15.9 Å². The molecule has 0 radical (unpaired) electrons. The van der Waals surface area contributed by atoms with Crippen molar-refractivity contribution in [3.05, 3.63) is 28.2 Å². The minimum Gasteiger partial charge on any atom is -0.318 e. The van der Waals surface area contributed by atoms with E-state index in [4.69, 9.17) is 0 Å². The topological polar surface area (TPSA) is 35.6 Å². The molecule has 1 aromatic rings. The molecule has 0 bridgehead atoms.